The molecule has 8 heteroatoms. The number of benzene rings is 1. The number of halogens is 1. The molecule has 0 unspecified atom stereocenters. The third-order valence-electron chi connectivity index (χ3n) is 3.87. The molecule has 0 bridgehead atoms. The van der Waals surface area contributed by atoms with Gasteiger partial charge in [-0.15, -0.1) is 0 Å². The number of aromatic nitrogens is 3. The molecule has 0 aliphatic carbocycles. The molecule has 0 saturated carbocycles. The lowest BCUT2D eigenvalue weighted by molar-refractivity contribution is 0.0947. The van der Waals surface area contributed by atoms with Crippen LogP contribution >= 0.6 is 11.6 Å². The van der Waals surface area contributed by atoms with Gasteiger partial charge in [0.25, 0.3) is 5.91 Å². The molecule has 1 N–H and O–H groups in total. The van der Waals surface area contributed by atoms with Gasteiger partial charge in [-0.2, -0.15) is 10.2 Å². The standard InChI is InChI=1S/C20H14ClN5O2/c21-15-3-5-16(6-4-15)26-18(12-17(25-26)19-2-1-11-28-19)20(27)24-23-13-14-7-9-22-10-8-14/h1-13H,(H,24,27). The molecule has 138 valence electrons. The maximum absolute atomic E-state index is 12.7. The third kappa shape index (κ3) is 3.84. The predicted octanol–water partition coefficient (Wildman–Crippen LogP) is 3.94. The lowest BCUT2D eigenvalue weighted by Crippen LogP contribution is -2.21. The first-order chi connectivity index (χ1) is 13.7. The van der Waals surface area contributed by atoms with Crippen molar-refractivity contribution in [2.75, 3.05) is 0 Å². The van der Waals surface area contributed by atoms with E-state index in [0.717, 1.165) is 5.56 Å². The predicted molar refractivity (Wildman–Crippen MR) is 106 cm³/mol. The molecule has 4 aromatic rings. The van der Waals surface area contributed by atoms with E-state index in [4.69, 9.17) is 16.0 Å². The minimum atomic E-state index is -0.412. The average molecular weight is 392 g/mol. The van der Waals surface area contributed by atoms with Gasteiger partial charge in [0.1, 0.15) is 11.4 Å². The van der Waals surface area contributed by atoms with Gasteiger partial charge >= 0.3 is 0 Å². The third-order valence-corrected chi connectivity index (χ3v) is 4.12. The van der Waals surface area contributed by atoms with Gasteiger partial charge in [0.05, 0.1) is 18.2 Å². The normalized spacial score (nSPS) is 11.0. The number of hydrazone groups is 1. The monoisotopic (exact) mass is 391 g/mol. The second-order valence-electron chi connectivity index (χ2n) is 5.76. The van der Waals surface area contributed by atoms with Crippen LogP contribution in [0.5, 0.6) is 0 Å². The van der Waals surface area contributed by atoms with Gasteiger partial charge in [-0.05, 0) is 54.1 Å². The van der Waals surface area contributed by atoms with Crippen molar-refractivity contribution in [2.45, 2.75) is 0 Å². The summed E-state index contributed by atoms with van der Waals surface area (Å²) >= 11 is 5.97. The summed E-state index contributed by atoms with van der Waals surface area (Å²) in [4.78, 5) is 16.7. The summed E-state index contributed by atoms with van der Waals surface area (Å²) in [6.45, 7) is 0. The maximum Gasteiger partial charge on any atom is 0.290 e. The summed E-state index contributed by atoms with van der Waals surface area (Å²) < 4.78 is 6.92. The van der Waals surface area contributed by atoms with E-state index in [1.54, 1.807) is 73.3 Å². The van der Waals surface area contributed by atoms with Crippen molar-refractivity contribution in [3.8, 4) is 17.1 Å². The molecule has 0 aliphatic heterocycles. The molecule has 0 atom stereocenters. The van der Waals surface area contributed by atoms with Crippen molar-refractivity contribution in [1.29, 1.82) is 0 Å². The molecule has 4 rings (SSSR count). The average Bonchev–Trinajstić information content (AvgIpc) is 3.39. The van der Waals surface area contributed by atoms with E-state index < -0.39 is 5.91 Å². The van der Waals surface area contributed by atoms with Crippen molar-refractivity contribution in [3.05, 3.63) is 89.5 Å². The van der Waals surface area contributed by atoms with Gasteiger partial charge < -0.3 is 4.42 Å². The lowest BCUT2D eigenvalue weighted by Gasteiger charge is -2.06. The molecule has 0 fully saturated rings. The maximum atomic E-state index is 12.7. The van der Waals surface area contributed by atoms with Crippen LogP contribution in [0, 0.1) is 0 Å². The van der Waals surface area contributed by atoms with Crippen molar-refractivity contribution < 1.29 is 9.21 Å². The second-order valence-corrected chi connectivity index (χ2v) is 6.20. The fraction of sp³-hybridized carbons (Fsp3) is 0. The van der Waals surface area contributed by atoms with E-state index in [0.29, 0.717) is 27.9 Å². The first-order valence-electron chi connectivity index (χ1n) is 8.34. The summed E-state index contributed by atoms with van der Waals surface area (Å²) in [5.74, 6) is 0.146. The number of amides is 1. The van der Waals surface area contributed by atoms with Crippen LogP contribution in [0.15, 0.2) is 82.8 Å². The number of carbonyl (C=O) groups excluding carboxylic acids is 1. The zero-order chi connectivity index (χ0) is 19.3. The van der Waals surface area contributed by atoms with E-state index in [2.05, 4.69) is 20.6 Å². The van der Waals surface area contributed by atoms with E-state index in [-0.39, 0.29) is 0 Å². The Morgan fingerprint density at radius 3 is 2.64 bits per heavy atom. The minimum Gasteiger partial charge on any atom is -0.463 e. The van der Waals surface area contributed by atoms with Crippen LogP contribution in [0.25, 0.3) is 17.1 Å². The van der Waals surface area contributed by atoms with Gasteiger partial charge in [-0.25, -0.2) is 10.1 Å². The Kier molecular flexibility index (Phi) is 4.99. The topological polar surface area (TPSA) is 85.3 Å². The molecule has 1 amide bonds. The molecule has 3 heterocycles. The lowest BCUT2D eigenvalue weighted by atomic mass is 10.3. The number of furan rings is 1. The fourth-order valence-corrected chi connectivity index (χ4v) is 2.66. The molecule has 28 heavy (non-hydrogen) atoms. The zero-order valence-corrected chi connectivity index (χ0v) is 15.2. The van der Waals surface area contributed by atoms with Crippen LogP contribution in [0.3, 0.4) is 0 Å². The number of carbonyl (C=O) groups is 1. The largest absolute Gasteiger partial charge is 0.463 e. The molecule has 1 aromatic carbocycles. The first kappa shape index (κ1) is 17.7. The van der Waals surface area contributed by atoms with Gasteiger partial charge in [-0.1, -0.05) is 11.6 Å². The zero-order valence-electron chi connectivity index (χ0n) is 14.5. The molecule has 7 nitrogen and oxygen atoms in total. The van der Waals surface area contributed by atoms with Crippen LogP contribution in [-0.4, -0.2) is 26.9 Å². The summed E-state index contributed by atoms with van der Waals surface area (Å²) in [5, 5.41) is 9.09. The summed E-state index contributed by atoms with van der Waals surface area (Å²) in [5.41, 5.74) is 4.86. The molecule has 3 aromatic heterocycles. The van der Waals surface area contributed by atoms with Gasteiger partial charge in [0, 0.05) is 23.5 Å². The van der Waals surface area contributed by atoms with Crippen molar-refractivity contribution in [3.63, 3.8) is 0 Å². The quantitative estimate of drug-likeness (QED) is 0.412. The Morgan fingerprint density at radius 2 is 1.93 bits per heavy atom. The van der Waals surface area contributed by atoms with Crippen molar-refractivity contribution in [2.24, 2.45) is 5.10 Å². The SMILES string of the molecule is O=C(NN=Cc1ccncc1)c1cc(-c2ccco2)nn1-c1ccc(Cl)cc1. The summed E-state index contributed by atoms with van der Waals surface area (Å²) in [6, 6.07) is 15.8. The Bertz CT molecular complexity index is 1100. The molecule has 0 spiro atoms. The molecule has 0 saturated heterocycles. The molecule has 0 aliphatic rings. The highest BCUT2D eigenvalue weighted by Gasteiger charge is 2.18. The van der Waals surface area contributed by atoms with Crippen LogP contribution in [-0.2, 0) is 0 Å². The highest BCUT2D eigenvalue weighted by molar-refractivity contribution is 6.30. The highest BCUT2D eigenvalue weighted by atomic mass is 35.5. The van der Waals surface area contributed by atoms with Gasteiger partial charge in [-0.3, -0.25) is 9.78 Å². The number of nitrogens with one attached hydrogen (secondary N) is 1. The second kappa shape index (κ2) is 7.89. The van der Waals surface area contributed by atoms with Gasteiger partial charge in [0.15, 0.2) is 5.76 Å². The molecule has 0 radical (unpaired) electrons. The smallest absolute Gasteiger partial charge is 0.290 e. The molecular formula is C20H14ClN5O2. The number of hydrogen-bond donors (Lipinski definition) is 1. The van der Waals surface area contributed by atoms with Crippen molar-refractivity contribution in [1.82, 2.24) is 20.2 Å². The van der Waals surface area contributed by atoms with Gasteiger partial charge in [0.2, 0.25) is 0 Å². The van der Waals surface area contributed by atoms with E-state index in [9.17, 15) is 4.79 Å². The van der Waals surface area contributed by atoms with Crippen molar-refractivity contribution >= 4 is 23.7 Å². The number of rotatable bonds is 5. The Labute approximate surface area is 165 Å². The number of nitrogens with zero attached hydrogens (tertiary/aromatic N) is 4. The summed E-state index contributed by atoms with van der Waals surface area (Å²) in [7, 11) is 0. The van der Waals surface area contributed by atoms with E-state index in [1.807, 2.05) is 0 Å². The number of pyridine rings is 1. The Hall–Kier alpha value is -3.71. The fourth-order valence-electron chi connectivity index (χ4n) is 2.54. The molecular weight excluding hydrogens is 378 g/mol. The van der Waals surface area contributed by atoms with Crippen LogP contribution in [0.2, 0.25) is 5.02 Å². The van der Waals surface area contributed by atoms with E-state index >= 15 is 0 Å². The minimum absolute atomic E-state index is 0.306. The first-order valence-corrected chi connectivity index (χ1v) is 8.72. The van der Waals surface area contributed by atoms with Crippen LogP contribution < -0.4 is 5.43 Å². The highest BCUT2D eigenvalue weighted by Crippen LogP contribution is 2.23. The van der Waals surface area contributed by atoms with Crippen LogP contribution in [0.4, 0.5) is 0 Å². The number of hydrogen-bond acceptors (Lipinski definition) is 5. The van der Waals surface area contributed by atoms with E-state index in [1.165, 1.54) is 10.9 Å². The Morgan fingerprint density at radius 1 is 1.14 bits per heavy atom. The summed E-state index contributed by atoms with van der Waals surface area (Å²) in [6.07, 6.45) is 6.38. The van der Waals surface area contributed by atoms with Crippen LogP contribution in [0.1, 0.15) is 16.1 Å². The Balaban J connectivity index is 1.65.